The van der Waals surface area contributed by atoms with Crippen molar-refractivity contribution in [2.24, 2.45) is 0 Å². The molecule has 0 aromatic heterocycles. The smallest absolute Gasteiger partial charge is 0.0875 e. The molecule has 2 atom stereocenters. The highest BCUT2D eigenvalue weighted by molar-refractivity contribution is 8.00. The van der Waals surface area contributed by atoms with Crippen molar-refractivity contribution < 1.29 is 0 Å². The number of nitrogens with zero attached hydrogens (tertiary/aromatic N) is 1. The Labute approximate surface area is 109 Å². The van der Waals surface area contributed by atoms with Crippen molar-refractivity contribution in [3.8, 4) is 0 Å². The molecule has 3 heteroatoms. The van der Waals surface area contributed by atoms with Crippen LogP contribution in [0.2, 0.25) is 0 Å². The number of anilines is 1. The maximum atomic E-state index is 3.73. The van der Waals surface area contributed by atoms with E-state index in [9.17, 15) is 0 Å². The number of benzene rings is 1. The molecule has 0 aliphatic carbocycles. The summed E-state index contributed by atoms with van der Waals surface area (Å²) in [6, 6.07) is 9.53. The SMILES string of the molecule is CCC1CSC(C)(c2ccc(N(C)C)cc2)N1. The summed E-state index contributed by atoms with van der Waals surface area (Å²) >= 11 is 2.02. The summed E-state index contributed by atoms with van der Waals surface area (Å²) in [4.78, 5) is 2.22. The van der Waals surface area contributed by atoms with Crippen molar-refractivity contribution in [2.45, 2.75) is 31.2 Å². The van der Waals surface area contributed by atoms with Gasteiger partial charge in [-0.15, -0.1) is 11.8 Å². The van der Waals surface area contributed by atoms with Crippen LogP contribution in [0.4, 0.5) is 5.69 Å². The summed E-state index contributed by atoms with van der Waals surface area (Å²) in [5, 5.41) is 3.73. The number of nitrogens with one attached hydrogen (secondary N) is 1. The molecule has 2 unspecified atom stereocenters. The zero-order valence-electron chi connectivity index (χ0n) is 11.2. The van der Waals surface area contributed by atoms with E-state index in [-0.39, 0.29) is 4.87 Å². The average Bonchev–Trinajstić information content (AvgIpc) is 2.73. The molecule has 1 fully saturated rings. The Balaban J connectivity index is 2.17. The average molecular weight is 250 g/mol. The highest BCUT2D eigenvalue weighted by Crippen LogP contribution is 2.40. The van der Waals surface area contributed by atoms with Crippen molar-refractivity contribution in [3.05, 3.63) is 29.8 Å². The van der Waals surface area contributed by atoms with Gasteiger partial charge < -0.3 is 4.90 Å². The van der Waals surface area contributed by atoms with Crippen molar-refractivity contribution in [1.82, 2.24) is 5.32 Å². The van der Waals surface area contributed by atoms with Crippen LogP contribution in [-0.2, 0) is 4.87 Å². The molecule has 94 valence electrons. The molecule has 0 spiro atoms. The Morgan fingerprint density at radius 3 is 2.47 bits per heavy atom. The van der Waals surface area contributed by atoms with Crippen molar-refractivity contribution >= 4 is 17.4 Å². The van der Waals surface area contributed by atoms with Crippen LogP contribution in [0.15, 0.2) is 24.3 Å². The van der Waals surface area contributed by atoms with Gasteiger partial charge in [0.1, 0.15) is 0 Å². The predicted octanol–water partition coefficient (Wildman–Crippen LogP) is 3.04. The fourth-order valence-corrected chi connectivity index (χ4v) is 3.61. The first-order chi connectivity index (χ1) is 8.05. The van der Waals surface area contributed by atoms with Gasteiger partial charge in [-0.2, -0.15) is 0 Å². The molecule has 1 aromatic carbocycles. The first-order valence-electron chi connectivity index (χ1n) is 6.24. The minimum atomic E-state index is 0.0888. The Bertz CT molecular complexity index is 374. The Hall–Kier alpha value is -0.670. The summed E-state index contributed by atoms with van der Waals surface area (Å²) < 4.78 is 0. The highest BCUT2D eigenvalue weighted by Gasteiger charge is 2.35. The maximum Gasteiger partial charge on any atom is 0.0875 e. The number of hydrogen-bond donors (Lipinski definition) is 1. The molecule has 0 radical (unpaired) electrons. The molecule has 1 aliphatic rings. The van der Waals surface area contributed by atoms with E-state index >= 15 is 0 Å². The topological polar surface area (TPSA) is 15.3 Å². The van der Waals surface area contributed by atoms with E-state index in [1.165, 1.54) is 23.4 Å². The quantitative estimate of drug-likeness (QED) is 0.887. The van der Waals surface area contributed by atoms with Gasteiger partial charge in [-0.1, -0.05) is 19.1 Å². The van der Waals surface area contributed by atoms with Crippen molar-refractivity contribution in [1.29, 1.82) is 0 Å². The van der Waals surface area contributed by atoms with Gasteiger partial charge in [-0.05, 0) is 31.0 Å². The van der Waals surface area contributed by atoms with E-state index < -0.39 is 0 Å². The summed E-state index contributed by atoms with van der Waals surface area (Å²) in [5.41, 5.74) is 2.64. The standard InChI is InChI=1S/C14H22N2S/c1-5-12-10-17-14(2,15-12)11-6-8-13(9-7-11)16(3)4/h6-9,12,15H,5,10H2,1-4H3. The van der Waals surface area contributed by atoms with Crippen LogP contribution in [0.25, 0.3) is 0 Å². The van der Waals surface area contributed by atoms with Gasteiger partial charge in [0, 0.05) is 31.6 Å². The third-order valence-corrected chi connectivity index (χ3v) is 4.98. The number of thioether (sulfide) groups is 1. The molecule has 0 bridgehead atoms. The van der Waals surface area contributed by atoms with E-state index in [1.807, 2.05) is 11.8 Å². The molecular formula is C14H22N2S. The number of hydrogen-bond acceptors (Lipinski definition) is 3. The second-order valence-corrected chi connectivity index (χ2v) is 6.47. The minimum Gasteiger partial charge on any atom is -0.378 e. The summed E-state index contributed by atoms with van der Waals surface area (Å²) in [7, 11) is 4.15. The van der Waals surface area contributed by atoms with Gasteiger partial charge >= 0.3 is 0 Å². The Kier molecular flexibility index (Phi) is 3.69. The minimum absolute atomic E-state index is 0.0888. The third-order valence-electron chi connectivity index (χ3n) is 3.48. The Morgan fingerprint density at radius 1 is 1.35 bits per heavy atom. The number of rotatable bonds is 3. The summed E-state index contributed by atoms with van der Waals surface area (Å²) in [6.45, 7) is 4.54. The Morgan fingerprint density at radius 2 is 2.00 bits per heavy atom. The molecule has 1 heterocycles. The lowest BCUT2D eigenvalue weighted by molar-refractivity contribution is 0.470. The van der Waals surface area contributed by atoms with Crippen LogP contribution in [0.5, 0.6) is 0 Å². The van der Waals surface area contributed by atoms with Crippen LogP contribution in [-0.4, -0.2) is 25.9 Å². The van der Waals surface area contributed by atoms with Gasteiger partial charge in [-0.25, -0.2) is 0 Å². The van der Waals surface area contributed by atoms with Gasteiger partial charge in [-0.3, -0.25) is 5.32 Å². The first-order valence-corrected chi connectivity index (χ1v) is 7.23. The van der Waals surface area contributed by atoms with Crippen LogP contribution in [0, 0.1) is 0 Å². The molecular weight excluding hydrogens is 228 g/mol. The molecule has 0 amide bonds. The second kappa shape index (κ2) is 4.91. The van der Waals surface area contributed by atoms with Crippen molar-refractivity contribution in [3.63, 3.8) is 0 Å². The van der Waals surface area contributed by atoms with Crippen LogP contribution in [0.3, 0.4) is 0 Å². The lowest BCUT2D eigenvalue weighted by atomic mass is 10.1. The van der Waals surface area contributed by atoms with Gasteiger partial charge in [0.2, 0.25) is 0 Å². The van der Waals surface area contributed by atoms with E-state index in [0.29, 0.717) is 6.04 Å². The third kappa shape index (κ3) is 2.61. The molecule has 1 aromatic rings. The van der Waals surface area contributed by atoms with Crippen LogP contribution in [0.1, 0.15) is 25.8 Å². The molecule has 1 aliphatic heterocycles. The molecule has 0 saturated carbocycles. The fraction of sp³-hybridized carbons (Fsp3) is 0.571. The lowest BCUT2D eigenvalue weighted by Gasteiger charge is -2.26. The maximum absolute atomic E-state index is 3.73. The molecule has 2 rings (SSSR count). The second-order valence-electron chi connectivity index (χ2n) is 5.04. The van der Waals surface area contributed by atoms with Crippen LogP contribution < -0.4 is 10.2 Å². The van der Waals surface area contributed by atoms with E-state index in [1.54, 1.807) is 0 Å². The summed E-state index contributed by atoms with van der Waals surface area (Å²) in [5.74, 6) is 1.21. The largest absolute Gasteiger partial charge is 0.378 e. The van der Waals surface area contributed by atoms with Crippen LogP contribution >= 0.6 is 11.8 Å². The van der Waals surface area contributed by atoms with Gasteiger partial charge in [0.05, 0.1) is 4.87 Å². The van der Waals surface area contributed by atoms with E-state index in [2.05, 4.69) is 62.4 Å². The van der Waals surface area contributed by atoms with E-state index in [4.69, 9.17) is 0 Å². The molecule has 1 saturated heterocycles. The zero-order chi connectivity index (χ0) is 12.5. The molecule has 1 N–H and O–H groups in total. The first kappa shape index (κ1) is 12.8. The molecule has 17 heavy (non-hydrogen) atoms. The fourth-order valence-electron chi connectivity index (χ4n) is 2.20. The van der Waals surface area contributed by atoms with Gasteiger partial charge in [0.25, 0.3) is 0 Å². The zero-order valence-corrected chi connectivity index (χ0v) is 12.0. The van der Waals surface area contributed by atoms with Gasteiger partial charge in [0.15, 0.2) is 0 Å². The lowest BCUT2D eigenvalue weighted by Crippen LogP contribution is -2.36. The summed E-state index contributed by atoms with van der Waals surface area (Å²) in [6.07, 6.45) is 1.21. The molecule has 2 nitrogen and oxygen atoms in total. The van der Waals surface area contributed by atoms with E-state index in [0.717, 1.165) is 0 Å². The monoisotopic (exact) mass is 250 g/mol. The highest BCUT2D eigenvalue weighted by atomic mass is 32.2. The predicted molar refractivity (Wildman–Crippen MR) is 77.8 cm³/mol. The van der Waals surface area contributed by atoms with Crippen molar-refractivity contribution in [2.75, 3.05) is 24.7 Å². The normalized spacial score (nSPS) is 28.4.